The highest BCUT2D eigenvalue weighted by molar-refractivity contribution is 9.11. The maximum absolute atomic E-state index is 13.3. The van der Waals surface area contributed by atoms with Gasteiger partial charge in [-0.2, -0.15) is 0 Å². The first-order valence-electron chi connectivity index (χ1n) is 6.09. The van der Waals surface area contributed by atoms with Gasteiger partial charge in [0.2, 0.25) is 0 Å². The van der Waals surface area contributed by atoms with Gasteiger partial charge >= 0.3 is 0 Å². The topological polar surface area (TPSA) is 0 Å². The molecule has 86 valence electrons. The molecule has 3 aliphatic carbocycles. The van der Waals surface area contributed by atoms with E-state index in [9.17, 15) is 4.39 Å². The molecule has 0 nitrogen and oxygen atoms in total. The van der Waals surface area contributed by atoms with Crippen LogP contribution in [0.4, 0.5) is 4.39 Å². The van der Waals surface area contributed by atoms with Crippen molar-refractivity contribution in [2.45, 2.75) is 6.42 Å². The average molecular weight is 291 g/mol. The average Bonchev–Trinajstić information content (AvgIpc) is 2.86. The van der Waals surface area contributed by atoms with Gasteiger partial charge < -0.3 is 0 Å². The largest absolute Gasteiger partial charge is 0.207 e. The van der Waals surface area contributed by atoms with Gasteiger partial charge in [0.1, 0.15) is 5.82 Å². The molecule has 1 fully saturated rings. The minimum absolute atomic E-state index is 0.141. The highest BCUT2D eigenvalue weighted by Crippen LogP contribution is 2.65. The van der Waals surface area contributed by atoms with E-state index >= 15 is 0 Å². The van der Waals surface area contributed by atoms with Gasteiger partial charge in [0.25, 0.3) is 0 Å². The molecule has 4 rings (SSSR count). The molecule has 0 aromatic heterocycles. The van der Waals surface area contributed by atoms with E-state index in [0.717, 1.165) is 11.5 Å². The fourth-order valence-electron chi connectivity index (χ4n) is 3.79. The molecular weight excluding hydrogens is 279 g/mol. The molecule has 0 amide bonds. The summed E-state index contributed by atoms with van der Waals surface area (Å²) in [6.07, 6.45) is 5.99. The van der Waals surface area contributed by atoms with Crippen molar-refractivity contribution in [1.29, 1.82) is 0 Å². The van der Waals surface area contributed by atoms with Gasteiger partial charge in [-0.3, -0.25) is 0 Å². The molecule has 2 heteroatoms. The molecule has 4 atom stereocenters. The Kier molecular flexibility index (Phi) is 1.97. The number of fused-ring (bicyclic) bond motifs is 5. The van der Waals surface area contributed by atoms with E-state index in [4.69, 9.17) is 0 Å². The Hall–Kier alpha value is -0.890. The summed E-state index contributed by atoms with van der Waals surface area (Å²) in [5.41, 5.74) is 2.39. The molecule has 1 aromatic carbocycles. The van der Waals surface area contributed by atoms with Crippen LogP contribution in [0, 0.1) is 29.5 Å². The van der Waals surface area contributed by atoms with Crippen LogP contribution in [-0.4, -0.2) is 0 Å². The van der Waals surface area contributed by atoms with Crippen molar-refractivity contribution in [2.75, 3.05) is 0 Å². The summed E-state index contributed by atoms with van der Waals surface area (Å²) in [5.74, 6) is 2.56. The summed E-state index contributed by atoms with van der Waals surface area (Å²) in [4.78, 5) is 0. The fraction of sp³-hybridized carbons (Fsp3) is 0.333. The van der Waals surface area contributed by atoms with Gasteiger partial charge in [-0.25, -0.2) is 4.39 Å². The molecule has 0 heterocycles. The summed E-state index contributed by atoms with van der Waals surface area (Å²) in [6.45, 7) is 0. The summed E-state index contributed by atoms with van der Waals surface area (Å²) in [5, 5.41) is 0. The number of halogens is 2. The third kappa shape index (κ3) is 1.22. The molecule has 0 radical (unpaired) electrons. The SMILES string of the molecule is Fc1cccc(C2=C(Br)[C@H]3[C@@H]2[C@@H]2C=C[C@H]3C2)c1. The Labute approximate surface area is 108 Å². The molecule has 0 unspecified atom stereocenters. The molecular formula is C15H12BrF. The summed E-state index contributed by atoms with van der Waals surface area (Å²) < 4.78 is 14.6. The van der Waals surface area contributed by atoms with Crippen molar-refractivity contribution >= 4 is 21.5 Å². The molecule has 3 aliphatic rings. The van der Waals surface area contributed by atoms with Crippen LogP contribution in [0.15, 0.2) is 40.9 Å². The molecule has 0 N–H and O–H groups in total. The van der Waals surface area contributed by atoms with Crippen LogP contribution in [0.3, 0.4) is 0 Å². The Morgan fingerprint density at radius 3 is 2.65 bits per heavy atom. The van der Waals surface area contributed by atoms with E-state index in [2.05, 4.69) is 28.1 Å². The second-order valence-corrected chi connectivity index (χ2v) is 6.13. The maximum atomic E-state index is 13.3. The van der Waals surface area contributed by atoms with Gasteiger partial charge in [-0.1, -0.05) is 40.2 Å². The van der Waals surface area contributed by atoms with E-state index in [1.165, 1.54) is 22.5 Å². The first-order valence-corrected chi connectivity index (χ1v) is 6.89. The number of allylic oxidation sites excluding steroid dienone is 4. The third-order valence-corrected chi connectivity index (χ3v) is 5.43. The highest BCUT2D eigenvalue weighted by Gasteiger charge is 2.54. The van der Waals surface area contributed by atoms with Crippen LogP contribution in [0.5, 0.6) is 0 Å². The maximum Gasteiger partial charge on any atom is 0.123 e. The Balaban J connectivity index is 1.79. The second-order valence-electron chi connectivity index (χ2n) is 5.27. The minimum atomic E-state index is -0.141. The van der Waals surface area contributed by atoms with E-state index in [1.807, 2.05) is 6.07 Å². The van der Waals surface area contributed by atoms with Crippen LogP contribution in [0.25, 0.3) is 5.57 Å². The predicted molar refractivity (Wildman–Crippen MR) is 70.0 cm³/mol. The van der Waals surface area contributed by atoms with Crippen LogP contribution >= 0.6 is 15.9 Å². The minimum Gasteiger partial charge on any atom is -0.207 e. The van der Waals surface area contributed by atoms with Crippen molar-refractivity contribution < 1.29 is 4.39 Å². The van der Waals surface area contributed by atoms with Crippen molar-refractivity contribution in [1.82, 2.24) is 0 Å². The zero-order chi connectivity index (χ0) is 11.6. The van der Waals surface area contributed by atoms with Gasteiger partial charge in [0.05, 0.1) is 0 Å². The third-order valence-electron chi connectivity index (χ3n) is 4.48. The van der Waals surface area contributed by atoms with Gasteiger partial charge in [0, 0.05) is 10.4 Å². The monoisotopic (exact) mass is 290 g/mol. The van der Waals surface area contributed by atoms with E-state index in [-0.39, 0.29) is 5.82 Å². The van der Waals surface area contributed by atoms with Gasteiger partial charge in [-0.05, 0) is 47.4 Å². The number of hydrogen-bond donors (Lipinski definition) is 0. The molecule has 2 bridgehead atoms. The zero-order valence-electron chi connectivity index (χ0n) is 9.24. The van der Waals surface area contributed by atoms with Crippen LogP contribution in [0.1, 0.15) is 12.0 Å². The molecule has 0 spiro atoms. The molecule has 17 heavy (non-hydrogen) atoms. The number of hydrogen-bond acceptors (Lipinski definition) is 0. The van der Waals surface area contributed by atoms with Crippen LogP contribution < -0.4 is 0 Å². The first-order chi connectivity index (χ1) is 8.25. The first kappa shape index (κ1) is 10.1. The normalized spacial score (nSPS) is 37.3. The van der Waals surface area contributed by atoms with Gasteiger partial charge in [0.15, 0.2) is 0 Å². The lowest BCUT2D eigenvalue weighted by atomic mass is 9.67. The van der Waals surface area contributed by atoms with Crippen LogP contribution in [0.2, 0.25) is 0 Å². The van der Waals surface area contributed by atoms with Crippen LogP contribution in [-0.2, 0) is 0 Å². The molecule has 1 saturated carbocycles. The summed E-state index contributed by atoms with van der Waals surface area (Å²) in [6, 6.07) is 6.98. The van der Waals surface area contributed by atoms with Crippen molar-refractivity contribution in [3.63, 3.8) is 0 Å². The van der Waals surface area contributed by atoms with E-state index in [0.29, 0.717) is 17.8 Å². The second kappa shape index (κ2) is 3.32. The highest BCUT2D eigenvalue weighted by atomic mass is 79.9. The summed E-state index contributed by atoms with van der Waals surface area (Å²) in [7, 11) is 0. The number of benzene rings is 1. The Bertz CT molecular complexity index is 558. The predicted octanol–water partition coefficient (Wildman–Crippen LogP) is 4.38. The Morgan fingerprint density at radius 2 is 1.88 bits per heavy atom. The quantitative estimate of drug-likeness (QED) is 0.673. The van der Waals surface area contributed by atoms with E-state index < -0.39 is 0 Å². The Morgan fingerprint density at radius 1 is 1.12 bits per heavy atom. The smallest absolute Gasteiger partial charge is 0.123 e. The zero-order valence-corrected chi connectivity index (χ0v) is 10.8. The van der Waals surface area contributed by atoms with Crippen molar-refractivity contribution in [2.24, 2.45) is 23.7 Å². The lowest BCUT2D eigenvalue weighted by Crippen LogP contribution is -2.30. The fourth-order valence-corrected chi connectivity index (χ4v) is 4.91. The number of rotatable bonds is 1. The van der Waals surface area contributed by atoms with Gasteiger partial charge in [-0.15, -0.1) is 0 Å². The molecule has 1 aromatic rings. The molecule has 0 aliphatic heterocycles. The standard InChI is InChI=1S/C15H12BrF/c16-15-13(8-2-1-3-11(17)7-8)12-9-4-5-10(6-9)14(12)15/h1-5,7,9-10,12,14H,6H2/t9-,10+,12-,14-/m1/s1. The van der Waals surface area contributed by atoms with E-state index in [1.54, 1.807) is 12.1 Å². The molecule has 0 saturated heterocycles. The lowest BCUT2D eigenvalue weighted by Gasteiger charge is -2.41. The van der Waals surface area contributed by atoms with Crippen molar-refractivity contribution in [3.05, 3.63) is 52.3 Å². The van der Waals surface area contributed by atoms with Crippen molar-refractivity contribution in [3.8, 4) is 0 Å². The summed E-state index contributed by atoms with van der Waals surface area (Å²) >= 11 is 3.72. The lowest BCUT2D eigenvalue weighted by molar-refractivity contribution is 0.413.